The van der Waals surface area contributed by atoms with Crippen molar-refractivity contribution >= 4 is 47.3 Å². The third-order valence-corrected chi connectivity index (χ3v) is 10.6. The lowest BCUT2D eigenvalue weighted by Gasteiger charge is -2.29. The van der Waals surface area contributed by atoms with Crippen molar-refractivity contribution in [3.05, 3.63) is 36.4 Å². The lowest BCUT2D eigenvalue weighted by molar-refractivity contribution is -0.415. The van der Waals surface area contributed by atoms with Gasteiger partial charge in [-0.05, 0) is 37.0 Å². The molecule has 0 unspecified atom stereocenters. The van der Waals surface area contributed by atoms with Gasteiger partial charge in [0.1, 0.15) is 36.3 Å². The van der Waals surface area contributed by atoms with E-state index in [0.29, 0.717) is 24.2 Å². The molecule has 0 aliphatic heterocycles. The first-order valence-electron chi connectivity index (χ1n) is 20.8. The molecule has 14 N–H and O–H groups in total. The molecule has 0 spiro atoms. The maximum atomic E-state index is 14.1. The van der Waals surface area contributed by atoms with E-state index in [1.165, 1.54) is 25.0 Å². The number of primary amides is 1. The minimum absolute atomic E-state index is 0.0322. The third-order valence-electron chi connectivity index (χ3n) is 10.6. The molecule has 61 heavy (non-hydrogen) atoms. The van der Waals surface area contributed by atoms with Crippen LogP contribution in [0.1, 0.15) is 98.9 Å². The van der Waals surface area contributed by atoms with E-state index < -0.39 is 101 Å². The molecule has 2 aromatic heterocycles. The van der Waals surface area contributed by atoms with Crippen LogP contribution in [0.4, 0.5) is 0 Å². The van der Waals surface area contributed by atoms with Gasteiger partial charge in [0.25, 0.3) is 5.91 Å². The molecule has 0 bridgehead atoms. The molecule has 21 heteroatoms. The van der Waals surface area contributed by atoms with Crippen LogP contribution in [0.3, 0.4) is 0 Å². The predicted octanol–water partition coefficient (Wildman–Crippen LogP) is -1.42. The van der Waals surface area contributed by atoms with Gasteiger partial charge in [0.05, 0.1) is 12.7 Å². The second kappa shape index (κ2) is 25.0. The van der Waals surface area contributed by atoms with Crippen LogP contribution in [0, 0.1) is 23.7 Å². The Balaban J connectivity index is 2.39. The van der Waals surface area contributed by atoms with E-state index in [-0.39, 0.29) is 43.9 Å². The maximum absolute atomic E-state index is 14.1. The SMILES string of the molecule is CC[C@H](C)[C@H]([NH3+])C(=O)N[C@@H](Cc1cnc[nH]1)C(=O)N[C@H](C(=O)N[C@@H](Cc1cnc[nH]1)C(=O)N[C@@H](CC(C)C)C(=O)N[C@@H](CCC(N)=O)C(=O)N[C@H](C(=O)O)[C@@H](C)CC)C(C)C. The van der Waals surface area contributed by atoms with Crippen LogP contribution in [0.15, 0.2) is 25.0 Å². The Morgan fingerprint density at radius 2 is 1.08 bits per heavy atom. The number of quaternary nitrogens is 1. The summed E-state index contributed by atoms with van der Waals surface area (Å²) in [6, 6.07) is -8.20. The summed E-state index contributed by atoms with van der Waals surface area (Å²) in [6.45, 7) is 14.2. The van der Waals surface area contributed by atoms with Crippen molar-refractivity contribution in [1.29, 1.82) is 0 Å². The number of H-pyrrole nitrogens is 2. The molecule has 0 saturated carbocycles. The molecule has 2 heterocycles. The second-order valence-electron chi connectivity index (χ2n) is 16.4. The lowest BCUT2D eigenvalue weighted by atomic mass is 9.98. The summed E-state index contributed by atoms with van der Waals surface area (Å²) in [6.07, 6.45) is 6.35. The Morgan fingerprint density at radius 1 is 0.639 bits per heavy atom. The Labute approximate surface area is 356 Å². The summed E-state index contributed by atoms with van der Waals surface area (Å²) < 4.78 is 0. The van der Waals surface area contributed by atoms with Crippen molar-refractivity contribution in [2.45, 2.75) is 143 Å². The second-order valence-corrected chi connectivity index (χ2v) is 16.4. The maximum Gasteiger partial charge on any atom is 0.326 e. The fourth-order valence-corrected chi connectivity index (χ4v) is 6.26. The van der Waals surface area contributed by atoms with E-state index >= 15 is 0 Å². The van der Waals surface area contributed by atoms with Crippen molar-refractivity contribution in [3.8, 4) is 0 Å². The van der Waals surface area contributed by atoms with Crippen LogP contribution in [0.2, 0.25) is 0 Å². The van der Waals surface area contributed by atoms with E-state index in [4.69, 9.17) is 5.73 Å². The number of carbonyl (C=O) groups excluding carboxylic acids is 7. The number of nitrogens with one attached hydrogen (secondary N) is 8. The van der Waals surface area contributed by atoms with E-state index in [0.717, 1.165) is 0 Å². The van der Waals surface area contributed by atoms with E-state index in [1.54, 1.807) is 41.5 Å². The molecular formula is C40H67N12O9+. The monoisotopic (exact) mass is 860 g/mol. The molecular weight excluding hydrogens is 793 g/mol. The largest absolute Gasteiger partial charge is 0.480 e. The zero-order chi connectivity index (χ0) is 46.0. The number of imidazole rings is 2. The minimum atomic E-state index is -1.38. The van der Waals surface area contributed by atoms with Gasteiger partial charge in [-0.15, -0.1) is 0 Å². The van der Waals surface area contributed by atoms with Gasteiger partial charge >= 0.3 is 5.97 Å². The summed E-state index contributed by atoms with van der Waals surface area (Å²) >= 11 is 0. The molecule has 7 amide bonds. The van der Waals surface area contributed by atoms with Gasteiger partial charge in [-0.25, -0.2) is 14.8 Å². The lowest BCUT2D eigenvalue weighted by Crippen LogP contribution is -2.71. The molecule has 0 aliphatic rings. The topological polar surface area (TPSA) is 340 Å². The summed E-state index contributed by atoms with van der Waals surface area (Å²) in [4.78, 5) is 120. The molecule has 0 aromatic carbocycles. The summed E-state index contributed by atoms with van der Waals surface area (Å²) in [7, 11) is 0. The molecule has 0 fully saturated rings. The number of carboxylic acid groups (broad SMARTS) is 1. The fourth-order valence-electron chi connectivity index (χ4n) is 6.26. The molecule has 0 aliphatic carbocycles. The van der Waals surface area contributed by atoms with Gasteiger partial charge < -0.3 is 58.4 Å². The highest BCUT2D eigenvalue weighted by atomic mass is 16.4. The fraction of sp³-hybridized carbons (Fsp3) is 0.650. The predicted molar refractivity (Wildman–Crippen MR) is 222 cm³/mol. The van der Waals surface area contributed by atoms with Crippen molar-refractivity contribution in [2.24, 2.45) is 29.4 Å². The van der Waals surface area contributed by atoms with Gasteiger partial charge in [0.2, 0.25) is 35.4 Å². The van der Waals surface area contributed by atoms with Crippen LogP contribution in [0.5, 0.6) is 0 Å². The molecule has 2 rings (SSSR count). The Bertz CT molecular complexity index is 1750. The number of aliphatic carboxylic acids is 1. The van der Waals surface area contributed by atoms with Crippen LogP contribution >= 0.6 is 0 Å². The Hall–Kier alpha value is -5.86. The zero-order valence-electron chi connectivity index (χ0n) is 36.5. The number of amides is 7. The minimum Gasteiger partial charge on any atom is -0.480 e. The average molecular weight is 860 g/mol. The number of aromatic nitrogens is 4. The number of carboxylic acids is 1. The van der Waals surface area contributed by atoms with Crippen LogP contribution in [-0.2, 0) is 51.2 Å². The van der Waals surface area contributed by atoms with E-state index in [2.05, 4.69) is 57.6 Å². The summed E-state index contributed by atoms with van der Waals surface area (Å²) in [5, 5.41) is 25.7. The van der Waals surface area contributed by atoms with Crippen LogP contribution in [0.25, 0.3) is 0 Å². The number of hydrogen-bond donors (Lipinski definition) is 11. The number of carbonyl (C=O) groups is 8. The van der Waals surface area contributed by atoms with Crippen molar-refractivity contribution in [3.63, 3.8) is 0 Å². The summed E-state index contributed by atoms with van der Waals surface area (Å²) in [5.74, 6) is -7.50. The van der Waals surface area contributed by atoms with Crippen molar-refractivity contribution in [1.82, 2.24) is 51.8 Å². The first-order valence-corrected chi connectivity index (χ1v) is 20.8. The third kappa shape index (κ3) is 17.0. The molecule has 0 saturated heterocycles. The van der Waals surface area contributed by atoms with Gasteiger partial charge in [0.15, 0.2) is 6.04 Å². The standard InChI is InChI=1S/C40H66N12O9/c1-9-22(7)31(42)38(58)49-29(15-25-17-44-19-46-25)37(57)51-32(21(5)6)39(59)50-28(14-24-16-43-18-45-24)36(56)48-27(13-20(3)4)35(55)47-26(11-12-30(41)53)34(54)52-33(40(60)61)23(8)10-2/h16-23,26-29,31-33H,9-15,42H2,1-8H3,(H2,41,53)(H,43,45)(H,44,46)(H,47,55)(H,48,56)(H,49,58)(H,50,59)(H,51,57)(H,52,54)(H,60,61)/p+1/t22-,23-,26-,27-,28-,29-,31-,32-,33-/m0/s1. The average Bonchev–Trinajstić information content (AvgIpc) is 3.92. The number of nitrogens with two attached hydrogens (primary N) is 1. The van der Waals surface area contributed by atoms with Gasteiger partial charge in [-0.1, -0.05) is 61.8 Å². The first-order chi connectivity index (χ1) is 28.7. The van der Waals surface area contributed by atoms with Crippen LogP contribution in [-0.4, -0.2) is 115 Å². The van der Waals surface area contributed by atoms with Gasteiger partial charge in [0, 0.05) is 49.0 Å². The number of hydrogen-bond acceptors (Lipinski definition) is 10. The quantitative estimate of drug-likeness (QED) is 0.0495. The van der Waals surface area contributed by atoms with Gasteiger partial charge in [-0.2, -0.15) is 0 Å². The number of aromatic amines is 2. The molecule has 0 radical (unpaired) electrons. The number of rotatable bonds is 27. The van der Waals surface area contributed by atoms with E-state index in [9.17, 15) is 43.5 Å². The smallest absolute Gasteiger partial charge is 0.326 e. The molecule has 21 nitrogen and oxygen atoms in total. The normalized spacial score (nSPS) is 15.8. The van der Waals surface area contributed by atoms with Crippen LogP contribution < -0.4 is 43.4 Å². The summed E-state index contributed by atoms with van der Waals surface area (Å²) in [5.41, 5.74) is 10.3. The number of nitrogens with zero attached hydrogens (tertiary/aromatic N) is 2. The van der Waals surface area contributed by atoms with Crippen molar-refractivity contribution < 1.29 is 49.2 Å². The van der Waals surface area contributed by atoms with Crippen molar-refractivity contribution in [2.75, 3.05) is 0 Å². The first kappa shape index (κ1) is 51.3. The van der Waals surface area contributed by atoms with E-state index in [1.807, 2.05) is 13.8 Å². The molecule has 9 atom stereocenters. The molecule has 340 valence electrons. The highest BCUT2D eigenvalue weighted by molar-refractivity contribution is 5.97. The Morgan fingerprint density at radius 3 is 1.52 bits per heavy atom. The highest BCUT2D eigenvalue weighted by Crippen LogP contribution is 2.13. The van der Waals surface area contributed by atoms with Gasteiger partial charge in [-0.3, -0.25) is 33.6 Å². The highest BCUT2D eigenvalue weighted by Gasteiger charge is 2.36. The Kier molecular flexibility index (Phi) is 21.0. The zero-order valence-corrected chi connectivity index (χ0v) is 36.5. The molecule has 2 aromatic rings.